The van der Waals surface area contributed by atoms with Gasteiger partial charge in [-0.25, -0.2) is 4.79 Å². The molecule has 1 unspecified atom stereocenters. The van der Waals surface area contributed by atoms with E-state index >= 15 is 0 Å². The lowest BCUT2D eigenvalue weighted by Crippen LogP contribution is -2.42. The zero-order valence-corrected chi connectivity index (χ0v) is 26.0. The number of carbonyl (C=O) groups is 3. The van der Waals surface area contributed by atoms with Gasteiger partial charge in [0, 0.05) is 34.3 Å². The van der Waals surface area contributed by atoms with E-state index in [9.17, 15) is 14.4 Å². The lowest BCUT2D eigenvalue weighted by molar-refractivity contribution is -0.141. The molecule has 0 radical (unpaired) electrons. The number of para-hydroxylation sites is 2. The number of ketones is 1. The van der Waals surface area contributed by atoms with E-state index in [0.29, 0.717) is 42.1 Å². The first kappa shape index (κ1) is 32.0. The van der Waals surface area contributed by atoms with Crippen LogP contribution >= 0.6 is 0 Å². The van der Waals surface area contributed by atoms with Crippen molar-refractivity contribution in [3.8, 4) is 5.75 Å². The van der Waals surface area contributed by atoms with E-state index in [-0.39, 0.29) is 11.7 Å². The topological polar surface area (TPSA) is 84.9 Å². The molecule has 0 aromatic heterocycles. The highest BCUT2D eigenvalue weighted by Gasteiger charge is 2.29. The number of methoxy groups -OCH3 is 1. The first-order valence-corrected chi connectivity index (χ1v) is 14.7. The second-order valence-electron chi connectivity index (χ2n) is 11.7. The molecule has 228 valence electrons. The standard InChI is InChI=1S/C37H40N2O5/c1-26-13-9-12-18-33(26)39(36(42)37(2,3)4)23-24-44-29-21-19-27(20-22-29)25-32(35(41)43-5)38-31-17-11-10-16-30(31)34(40)28-14-7-6-8-15-28/h6-22,32,38H,23-25H2,1-5H3. The van der Waals surface area contributed by atoms with E-state index < -0.39 is 17.4 Å². The third-order valence-corrected chi connectivity index (χ3v) is 7.26. The Labute approximate surface area is 259 Å². The minimum absolute atomic E-state index is 0.0270. The Balaban J connectivity index is 1.43. The average Bonchev–Trinajstić information content (AvgIpc) is 3.03. The largest absolute Gasteiger partial charge is 0.492 e. The van der Waals surface area contributed by atoms with Crippen molar-refractivity contribution in [1.29, 1.82) is 0 Å². The molecule has 1 N–H and O–H groups in total. The van der Waals surface area contributed by atoms with Crippen LogP contribution in [0.25, 0.3) is 0 Å². The number of ether oxygens (including phenoxy) is 2. The second kappa shape index (κ2) is 14.5. The predicted molar refractivity (Wildman–Crippen MR) is 174 cm³/mol. The Morgan fingerprint density at radius 3 is 2.11 bits per heavy atom. The van der Waals surface area contributed by atoms with E-state index in [1.54, 1.807) is 35.2 Å². The molecule has 0 aliphatic heterocycles. The van der Waals surface area contributed by atoms with Gasteiger partial charge in [0.05, 0.1) is 13.7 Å². The molecule has 4 rings (SSSR count). The molecule has 0 fully saturated rings. The van der Waals surface area contributed by atoms with E-state index in [2.05, 4.69) is 5.32 Å². The van der Waals surface area contributed by atoms with Gasteiger partial charge in [0.25, 0.3) is 0 Å². The average molecular weight is 593 g/mol. The molecule has 7 nitrogen and oxygen atoms in total. The van der Waals surface area contributed by atoms with E-state index in [1.807, 2.05) is 100 Å². The highest BCUT2D eigenvalue weighted by Crippen LogP contribution is 2.26. The van der Waals surface area contributed by atoms with Crippen LogP contribution in [0.5, 0.6) is 5.75 Å². The lowest BCUT2D eigenvalue weighted by Gasteiger charge is -2.30. The van der Waals surface area contributed by atoms with Crippen LogP contribution < -0.4 is 15.0 Å². The fourth-order valence-electron chi connectivity index (χ4n) is 4.89. The van der Waals surface area contributed by atoms with Gasteiger partial charge in [0.1, 0.15) is 18.4 Å². The Morgan fingerprint density at radius 1 is 0.818 bits per heavy atom. The smallest absolute Gasteiger partial charge is 0.328 e. The minimum Gasteiger partial charge on any atom is -0.492 e. The number of hydrogen-bond donors (Lipinski definition) is 1. The number of amides is 1. The molecule has 0 saturated heterocycles. The first-order valence-electron chi connectivity index (χ1n) is 14.7. The van der Waals surface area contributed by atoms with E-state index in [0.717, 1.165) is 16.8 Å². The molecule has 7 heteroatoms. The van der Waals surface area contributed by atoms with Crippen LogP contribution in [-0.2, 0) is 20.7 Å². The number of benzene rings is 4. The Bertz CT molecular complexity index is 1580. The summed E-state index contributed by atoms with van der Waals surface area (Å²) in [4.78, 5) is 41.0. The van der Waals surface area contributed by atoms with Crippen molar-refractivity contribution in [1.82, 2.24) is 0 Å². The van der Waals surface area contributed by atoms with Crippen molar-refractivity contribution >= 4 is 29.0 Å². The summed E-state index contributed by atoms with van der Waals surface area (Å²) in [7, 11) is 1.35. The van der Waals surface area contributed by atoms with Gasteiger partial charge in [-0.05, 0) is 48.4 Å². The third-order valence-electron chi connectivity index (χ3n) is 7.26. The summed E-state index contributed by atoms with van der Waals surface area (Å²) in [5.41, 5.74) is 3.84. The third kappa shape index (κ3) is 8.13. The molecule has 1 amide bonds. The van der Waals surface area contributed by atoms with Crippen LogP contribution in [0.4, 0.5) is 11.4 Å². The number of nitrogens with zero attached hydrogens (tertiary/aromatic N) is 1. The number of esters is 1. The minimum atomic E-state index is -0.720. The van der Waals surface area contributed by atoms with Crippen molar-refractivity contribution in [3.05, 3.63) is 125 Å². The predicted octanol–water partition coefficient (Wildman–Crippen LogP) is 6.88. The summed E-state index contributed by atoms with van der Waals surface area (Å²) in [5.74, 6) is 0.110. The van der Waals surface area contributed by atoms with Crippen LogP contribution in [0, 0.1) is 12.3 Å². The quantitative estimate of drug-likeness (QED) is 0.143. The molecular formula is C37H40N2O5. The molecule has 4 aromatic carbocycles. The van der Waals surface area contributed by atoms with Gasteiger partial charge in [-0.1, -0.05) is 93.6 Å². The SMILES string of the molecule is COC(=O)C(Cc1ccc(OCCN(C(=O)C(C)(C)C)c2ccccc2C)cc1)Nc1ccccc1C(=O)c1ccccc1. The Kier molecular flexibility index (Phi) is 10.6. The van der Waals surface area contributed by atoms with Crippen molar-refractivity contribution in [3.63, 3.8) is 0 Å². The van der Waals surface area contributed by atoms with Crippen LogP contribution in [-0.4, -0.2) is 44.0 Å². The molecule has 44 heavy (non-hydrogen) atoms. The fraction of sp³-hybridized carbons (Fsp3) is 0.270. The number of hydrogen-bond acceptors (Lipinski definition) is 6. The van der Waals surface area contributed by atoms with Crippen molar-refractivity contribution in [2.24, 2.45) is 5.41 Å². The number of nitrogens with one attached hydrogen (secondary N) is 1. The molecule has 0 spiro atoms. The summed E-state index contributed by atoms with van der Waals surface area (Å²) in [6, 6.07) is 30.8. The van der Waals surface area contributed by atoms with Crippen LogP contribution in [0.15, 0.2) is 103 Å². The van der Waals surface area contributed by atoms with E-state index in [4.69, 9.17) is 9.47 Å². The van der Waals surface area contributed by atoms with Crippen LogP contribution in [0.2, 0.25) is 0 Å². The van der Waals surface area contributed by atoms with Gasteiger partial charge in [-0.3, -0.25) is 9.59 Å². The molecule has 1 atom stereocenters. The van der Waals surface area contributed by atoms with Gasteiger partial charge in [-0.15, -0.1) is 0 Å². The Hall–Kier alpha value is -4.91. The molecular weight excluding hydrogens is 552 g/mol. The number of carbonyl (C=O) groups excluding carboxylic acids is 3. The normalized spacial score (nSPS) is 11.8. The fourth-order valence-corrected chi connectivity index (χ4v) is 4.89. The molecule has 4 aromatic rings. The molecule has 0 bridgehead atoms. The highest BCUT2D eigenvalue weighted by molar-refractivity contribution is 6.12. The molecule has 0 aliphatic carbocycles. The van der Waals surface area contributed by atoms with Gasteiger partial charge in [-0.2, -0.15) is 0 Å². The summed E-state index contributed by atoms with van der Waals surface area (Å²) >= 11 is 0. The molecule has 0 saturated carbocycles. The maximum atomic E-state index is 13.3. The van der Waals surface area contributed by atoms with Gasteiger partial charge >= 0.3 is 5.97 Å². The number of rotatable bonds is 12. The second-order valence-corrected chi connectivity index (χ2v) is 11.7. The van der Waals surface area contributed by atoms with Crippen LogP contribution in [0.3, 0.4) is 0 Å². The summed E-state index contributed by atoms with van der Waals surface area (Å²) in [6.45, 7) is 8.45. The molecule has 0 aliphatic rings. The monoisotopic (exact) mass is 592 g/mol. The number of aryl methyl sites for hydroxylation is 1. The summed E-state index contributed by atoms with van der Waals surface area (Å²) in [6.07, 6.45) is 0.335. The summed E-state index contributed by atoms with van der Waals surface area (Å²) < 4.78 is 11.1. The van der Waals surface area contributed by atoms with Crippen molar-refractivity contribution < 1.29 is 23.9 Å². The maximum absolute atomic E-state index is 13.3. The number of anilines is 2. The lowest BCUT2D eigenvalue weighted by atomic mass is 9.94. The van der Waals surface area contributed by atoms with Gasteiger partial charge in [0.15, 0.2) is 5.78 Å². The Morgan fingerprint density at radius 2 is 1.45 bits per heavy atom. The molecule has 0 heterocycles. The van der Waals surface area contributed by atoms with E-state index in [1.165, 1.54) is 7.11 Å². The maximum Gasteiger partial charge on any atom is 0.328 e. The van der Waals surface area contributed by atoms with Crippen LogP contribution in [0.1, 0.15) is 47.8 Å². The van der Waals surface area contributed by atoms with Gasteiger partial charge < -0.3 is 19.7 Å². The first-order chi connectivity index (χ1) is 21.1. The van der Waals surface area contributed by atoms with Crippen molar-refractivity contribution in [2.75, 3.05) is 30.5 Å². The van der Waals surface area contributed by atoms with Crippen molar-refractivity contribution in [2.45, 2.75) is 40.2 Å². The zero-order valence-electron chi connectivity index (χ0n) is 26.0. The highest BCUT2D eigenvalue weighted by atomic mass is 16.5. The zero-order chi connectivity index (χ0) is 31.7. The van der Waals surface area contributed by atoms with Gasteiger partial charge in [0.2, 0.25) is 5.91 Å². The summed E-state index contributed by atoms with van der Waals surface area (Å²) in [5, 5.41) is 3.24.